The van der Waals surface area contributed by atoms with Crippen molar-refractivity contribution in [1.82, 2.24) is 15.0 Å². The second-order valence-corrected chi connectivity index (χ2v) is 12.0. The van der Waals surface area contributed by atoms with Crippen LogP contribution in [0.5, 0.6) is 0 Å². The van der Waals surface area contributed by atoms with Crippen LogP contribution >= 0.6 is 0 Å². The third kappa shape index (κ3) is 2.78. The standard InChI is InChI=1S/C25H35F2N3O/c1-13-4-6-16-15(10-13)5-7-18-17(16)8-9-24(3)20(18)22-23(25(22,26)27)21(24)19(31)12-30-28-11-14(2)29-30/h11,13,15-18,20-23H,4-10,12H2,1-3H3/t13-,15+,16-,17?,18+,20?,21-,22-,23+,24-/m0/s1. The SMILES string of the molecule is Cc1cnn(CC(=O)[C@H]2[C@@H]3[C@H](C4[C@@H]5CC[C@@H]6C[C@@H](C)CC[C@@H]6C5CC[C@@]42C)C3(F)F)n1. The summed E-state index contributed by atoms with van der Waals surface area (Å²) >= 11 is 0. The normalized spacial score (nSPS) is 49.5. The highest BCUT2D eigenvalue weighted by Gasteiger charge is 2.84. The van der Waals surface area contributed by atoms with Crippen LogP contribution in [0.1, 0.15) is 64.5 Å². The fraction of sp³-hybridized carbons (Fsp3) is 0.880. The van der Waals surface area contributed by atoms with Gasteiger partial charge in [-0.15, -0.1) is 0 Å². The van der Waals surface area contributed by atoms with Crippen LogP contribution in [0, 0.1) is 65.6 Å². The molecule has 6 rings (SSSR count). The Bertz CT molecular complexity index is 899. The van der Waals surface area contributed by atoms with E-state index in [-0.39, 0.29) is 23.7 Å². The lowest BCUT2D eigenvalue weighted by atomic mass is 9.48. The van der Waals surface area contributed by atoms with E-state index < -0.39 is 23.7 Å². The number of Topliss-reactive ketones (excluding diaryl/α,β-unsaturated/α-hetero) is 1. The molecule has 170 valence electrons. The van der Waals surface area contributed by atoms with Crippen LogP contribution in [-0.2, 0) is 11.3 Å². The number of halogens is 2. The summed E-state index contributed by atoms with van der Waals surface area (Å²) in [6.45, 7) is 6.40. The van der Waals surface area contributed by atoms with E-state index in [0.29, 0.717) is 11.8 Å². The van der Waals surface area contributed by atoms with Crippen molar-refractivity contribution < 1.29 is 13.6 Å². The molecule has 10 atom stereocenters. The Morgan fingerprint density at radius 2 is 1.87 bits per heavy atom. The fourth-order valence-electron chi connectivity index (χ4n) is 9.35. The van der Waals surface area contributed by atoms with E-state index in [0.717, 1.165) is 42.7 Å². The summed E-state index contributed by atoms with van der Waals surface area (Å²) in [5, 5.41) is 8.38. The third-order valence-corrected chi connectivity index (χ3v) is 10.4. The number of alkyl halides is 2. The molecule has 1 heterocycles. The van der Waals surface area contributed by atoms with Crippen molar-refractivity contribution >= 4 is 5.78 Å². The Morgan fingerprint density at radius 1 is 1.10 bits per heavy atom. The van der Waals surface area contributed by atoms with Crippen molar-refractivity contribution in [2.75, 3.05) is 0 Å². The lowest BCUT2D eigenvalue weighted by Crippen LogP contribution is -2.52. The zero-order valence-electron chi connectivity index (χ0n) is 18.9. The van der Waals surface area contributed by atoms with Crippen LogP contribution in [0.25, 0.3) is 0 Å². The van der Waals surface area contributed by atoms with Crippen molar-refractivity contribution in [3.63, 3.8) is 0 Å². The zero-order chi connectivity index (χ0) is 21.7. The largest absolute Gasteiger partial charge is 0.297 e. The highest BCUT2D eigenvalue weighted by atomic mass is 19.3. The van der Waals surface area contributed by atoms with Gasteiger partial charge in [-0.3, -0.25) is 4.79 Å². The molecule has 5 aliphatic rings. The molecular formula is C25H35F2N3O. The highest BCUT2D eigenvalue weighted by molar-refractivity contribution is 5.83. The van der Waals surface area contributed by atoms with Crippen LogP contribution in [0.3, 0.4) is 0 Å². The maximum atomic E-state index is 15.1. The fourth-order valence-corrected chi connectivity index (χ4v) is 9.35. The number of hydrogen-bond donors (Lipinski definition) is 0. The van der Waals surface area contributed by atoms with Gasteiger partial charge in [0.25, 0.3) is 5.92 Å². The van der Waals surface area contributed by atoms with Crippen molar-refractivity contribution in [3.8, 4) is 0 Å². The topological polar surface area (TPSA) is 47.8 Å². The average Bonchev–Trinajstić information content (AvgIpc) is 3.01. The number of aromatic nitrogens is 3. The first-order chi connectivity index (χ1) is 14.7. The molecule has 2 unspecified atom stereocenters. The van der Waals surface area contributed by atoms with E-state index in [2.05, 4.69) is 24.0 Å². The maximum absolute atomic E-state index is 15.1. The average molecular weight is 432 g/mol. The van der Waals surface area contributed by atoms with Crippen LogP contribution in [0.4, 0.5) is 8.78 Å². The molecule has 0 N–H and O–H groups in total. The van der Waals surface area contributed by atoms with Gasteiger partial charge in [-0.05, 0) is 86.4 Å². The molecule has 5 aliphatic carbocycles. The molecule has 31 heavy (non-hydrogen) atoms. The Balaban J connectivity index is 1.29. The van der Waals surface area contributed by atoms with Gasteiger partial charge in [-0.25, -0.2) is 8.78 Å². The predicted molar refractivity (Wildman–Crippen MR) is 112 cm³/mol. The van der Waals surface area contributed by atoms with Crippen molar-refractivity contribution in [3.05, 3.63) is 11.9 Å². The number of rotatable bonds is 3. The number of aryl methyl sites for hydroxylation is 1. The van der Waals surface area contributed by atoms with E-state index in [1.165, 1.54) is 30.5 Å². The minimum atomic E-state index is -2.67. The third-order valence-electron chi connectivity index (χ3n) is 10.4. The predicted octanol–water partition coefficient (Wildman–Crippen LogP) is 5.16. The minimum absolute atomic E-state index is 0.00724. The molecule has 0 saturated heterocycles. The second kappa shape index (κ2) is 6.60. The maximum Gasteiger partial charge on any atom is 0.255 e. The van der Waals surface area contributed by atoms with E-state index in [4.69, 9.17) is 0 Å². The number of nitrogens with zero attached hydrogens (tertiary/aromatic N) is 3. The summed E-state index contributed by atoms with van der Waals surface area (Å²) in [6.07, 6.45) is 9.90. The summed E-state index contributed by atoms with van der Waals surface area (Å²) in [5.41, 5.74) is 0.462. The lowest BCUT2D eigenvalue weighted by molar-refractivity contribution is -0.142. The molecule has 0 radical (unpaired) electrons. The van der Waals surface area contributed by atoms with E-state index in [1.807, 2.05) is 6.92 Å². The smallest absolute Gasteiger partial charge is 0.255 e. The summed E-state index contributed by atoms with van der Waals surface area (Å²) in [5.74, 6) is -1.28. The lowest BCUT2D eigenvalue weighted by Gasteiger charge is -2.57. The molecule has 1 aromatic heterocycles. The van der Waals surface area contributed by atoms with Gasteiger partial charge in [0.1, 0.15) is 6.54 Å². The summed E-state index contributed by atoms with van der Waals surface area (Å²) < 4.78 is 30.2. The van der Waals surface area contributed by atoms with E-state index in [1.54, 1.807) is 6.20 Å². The first kappa shape index (κ1) is 20.3. The van der Waals surface area contributed by atoms with Gasteiger partial charge in [0.05, 0.1) is 11.9 Å². The van der Waals surface area contributed by atoms with E-state index >= 15 is 8.78 Å². The summed E-state index contributed by atoms with van der Waals surface area (Å²) in [4.78, 5) is 14.8. The second-order valence-electron chi connectivity index (χ2n) is 12.0. The van der Waals surface area contributed by atoms with Gasteiger partial charge < -0.3 is 0 Å². The first-order valence-electron chi connectivity index (χ1n) is 12.5. The molecule has 0 bridgehead atoms. The Hall–Kier alpha value is -1.33. The Morgan fingerprint density at radius 3 is 2.61 bits per heavy atom. The van der Waals surface area contributed by atoms with Gasteiger partial charge in [-0.2, -0.15) is 15.0 Å². The monoisotopic (exact) mass is 431 g/mol. The Labute approximate surface area is 183 Å². The molecule has 5 fully saturated rings. The number of carbonyl (C=O) groups is 1. The molecule has 5 saturated carbocycles. The minimum Gasteiger partial charge on any atom is -0.297 e. The zero-order valence-corrected chi connectivity index (χ0v) is 18.9. The van der Waals surface area contributed by atoms with Crippen LogP contribution in [0.2, 0.25) is 0 Å². The number of ketones is 1. The molecule has 1 aromatic rings. The summed E-state index contributed by atoms with van der Waals surface area (Å²) in [7, 11) is 0. The highest BCUT2D eigenvalue weighted by Crippen LogP contribution is 2.79. The van der Waals surface area contributed by atoms with Gasteiger partial charge >= 0.3 is 0 Å². The van der Waals surface area contributed by atoms with Crippen molar-refractivity contribution in [1.29, 1.82) is 0 Å². The first-order valence-corrected chi connectivity index (χ1v) is 12.5. The summed E-state index contributed by atoms with van der Waals surface area (Å²) in [6, 6.07) is 0. The van der Waals surface area contributed by atoms with Crippen molar-refractivity contribution in [2.45, 2.75) is 78.2 Å². The quantitative estimate of drug-likeness (QED) is 0.664. The number of hydrogen-bond acceptors (Lipinski definition) is 3. The molecular weight excluding hydrogens is 396 g/mol. The number of fused-ring (bicyclic) bond motifs is 7. The van der Waals surface area contributed by atoms with Gasteiger partial charge in [-0.1, -0.05) is 20.3 Å². The molecule has 4 nitrogen and oxygen atoms in total. The van der Waals surface area contributed by atoms with Gasteiger partial charge in [0.2, 0.25) is 0 Å². The van der Waals surface area contributed by atoms with Gasteiger partial charge in [0.15, 0.2) is 5.78 Å². The van der Waals surface area contributed by atoms with Crippen molar-refractivity contribution in [2.24, 2.45) is 58.7 Å². The van der Waals surface area contributed by atoms with Crippen LogP contribution in [-0.4, -0.2) is 26.7 Å². The van der Waals surface area contributed by atoms with Crippen LogP contribution in [0.15, 0.2) is 6.20 Å². The molecule has 0 amide bonds. The molecule has 0 spiro atoms. The van der Waals surface area contributed by atoms with Gasteiger partial charge in [0, 0.05) is 17.8 Å². The Kier molecular flexibility index (Phi) is 4.32. The van der Waals surface area contributed by atoms with E-state index in [9.17, 15) is 4.79 Å². The van der Waals surface area contributed by atoms with Crippen LogP contribution < -0.4 is 0 Å². The molecule has 0 aromatic carbocycles. The molecule has 0 aliphatic heterocycles. The number of carbonyl (C=O) groups excluding carboxylic acids is 1. The molecule has 6 heteroatoms.